The van der Waals surface area contributed by atoms with Gasteiger partial charge < -0.3 is 15.0 Å². The van der Waals surface area contributed by atoms with Crippen LogP contribution in [0, 0.1) is 11.8 Å². The molecule has 2 bridgehead atoms. The third-order valence-corrected chi connectivity index (χ3v) is 6.96. The van der Waals surface area contributed by atoms with Crippen molar-refractivity contribution in [3.05, 3.63) is 56.4 Å². The van der Waals surface area contributed by atoms with Crippen molar-refractivity contribution in [2.75, 3.05) is 13.2 Å². The van der Waals surface area contributed by atoms with Crippen LogP contribution in [-0.4, -0.2) is 44.7 Å². The number of carbonyl (C=O) groups excluding carboxylic acids is 1. The summed E-state index contributed by atoms with van der Waals surface area (Å²) in [6.45, 7) is 5.48. The van der Waals surface area contributed by atoms with E-state index in [0.29, 0.717) is 25.2 Å². The predicted octanol–water partition coefficient (Wildman–Crippen LogP) is 2.03. The van der Waals surface area contributed by atoms with Gasteiger partial charge >= 0.3 is 0 Å². The normalized spacial score (nSPS) is 25.6. The molecule has 0 unspecified atom stereocenters. The second kappa shape index (κ2) is 8.83. The highest BCUT2D eigenvalue weighted by molar-refractivity contribution is 7.09. The molecule has 2 aromatic rings. The van der Waals surface area contributed by atoms with Crippen molar-refractivity contribution in [3.8, 4) is 0 Å². The molecule has 1 fully saturated rings. The number of aromatic nitrogens is 2. The minimum atomic E-state index is -0.410. The van der Waals surface area contributed by atoms with Gasteiger partial charge in [-0.2, -0.15) is 0 Å². The third-order valence-electron chi connectivity index (χ3n) is 6.20. The Morgan fingerprint density at radius 3 is 2.93 bits per heavy atom. The molecule has 1 amide bonds. The van der Waals surface area contributed by atoms with E-state index in [9.17, 15) is 14.7 Å². The van der Waals surface area contributed by atoms with Crippen LogP contribution in [0.5, 0.6) is 0 Å². The SMILES string of the molecule is C/C=C/c1ccc2n(c1=O)C[C@@H]1[C@@H](CO)[C@H](C(=O)NCCC)[C@H]2N1Cc1nccs1. The summed E-state index contributed by atoms with van der Waals surface area (Å²) in [7, 11) is 0. The predicted molar refractivity (Wildman–Crippen MR) is 117 cm³/mol. The summed E-state index contributed by atoms with van der Waals surface area (Å²) in [5.41, 5.74) is 1.44. The van der Waals surface area contributed by atoms with Crippen LogP contribution in [0.1, 0.15) is 42.6 Å². The van der Waals surface area contributed by atoms with E-state index < -0.39 is 5.92 Å². The van der Waals surface area contributed by atoms with Crippen LogP contribution in [0.2, 0.25) is 0 Å². The van der Waals surface area contributed by atoms with Crippen LogP contribution in [-0.2, 0) is 17.9 Å². The number of rotatable bonds is 7. The van der Waals surface area contributed by atoms with E-state index in [2.05, 4.69) is 15.2 Å². The maximum atomic E-state index is 13.2. The molecule has 0 aliphatic carbocycles. The van der Waals surface area contributed by atoms with Gasteiger partial charge in [-0.15, -0.1) is 11.3 Å². The minimum Gasteiger partial charge on any atom is -0.396 e. The number of aliphatic hydroxyl groups excluding tert-OH is 1. The molecular weight excluding hydrogens is 400 g/mol. The molecule has 2 aliphatic heterocycles. The Bertz CT molecular complexity index is 985. The maximum Gasteiger partial charge on any atom is 0.258 e. The second-order valence-electron chi connectivity index (χ2n) is 7.90. The summed E-state index contributed by atoms with van der Waals surface area (Å²) in [5, 5.41) is 16.2. The molecule has 0 radical (unpaired) electrons. The van der Waals surface area contributed by atoms with E-state index >= 15 is 0 Å². The number of hydrogen-bond acceptors (Lipinski definition) is 6. The highest BCUT2D eigenvalue weighted by atomic mass is 32.1. The Hall–Kier alpha value is -2.29. The maximum absolute atomic E-state index is 13.2. The Morgan fingerprint density at radius 2 is 2.27 bits per heavy atom. The van der Waals surface area contributed by atoms with Crippen LogP contribution in [0.3, 0.4) is 0 Å². The lowest BCUT2D eigenvalue weighted by Crippen LogP contribution is -2.46. The van der Waals surface area contributed by atoms with Crippen molar-refractivity contribution in [1.29, 1.82) is 0 Å². The fraction of sp³-hybridized carbons (Fsp3) is 0.500. The Kier molecular flexibility index (Phi) is 6.17. The molecule has 4 rings (SSSR count). The fourth-order valence-electron chi connectivity index (χ4n) is 4.92. The first-order valence-electron chi connectivity index (χ1n) is 10.5. The summed E-state index contributed by atoms with van der Waals surface area (Å²) in [6, 6.07) is 3.43. The van der Waals surface area contributed by atoms with Gasteiger partial charge in [-0.1, -0.05) is 19.1 Å². The lowest BCUT2D eigenvalue weighted by Gasteiger charge is -2.37. The molecule has 4 heterocycles. The van der Waals surface area contributed by atoms with Crippen molar-refractivity contribution in [1.82, 2.24) is 19.8 Å². The van der Waals surface area contributed by atoms with Crippen LogP contribution >= 0.6 is 11.3 Å². The Morgan fingerprint density at radius 1 is 1.43 bits per heavy atom. The Balaban J connectivity index is 1.81. The van der Waals surface area contributed by atoms with Crippen LogP contribution in [0.4, 0.5) is 0 Å². The number of carbonyl (C=O) groups is 1. The molecule has 4 atom stereocenters. The first kappa shape index (κ1) is 21.0. The number of amides is 1. The number of nitrogens with zero attached hydrogens (tertiary/aromatic N) is 3. The molecule has 2 aliphatic rings. The number of pyridine rings is 1. The third kappa shape index (κ3) is 3.53. The second-order valence-corrected chi connectivity index (χ2v) is 8.88. The van der Waals surface area contributed by atoms with Crippen molar-refractivity contribution in [3.63, 3.8) is 0 Å². The highest BCUT2D eigenvalue weighted by Gasteiger charge is 2.55. The molecule has 1 saturated heterocycles. The zero-order chi connectivity index (χ0) is 21.3. The average molecular weight is 429 g/mol. The summed E-state index contributed by atoms with van der Waals surface area (Å²) >= 11 is 1.58. The van der Waals surface area contributed by atoms with Crippen molar-refractivity contribution in [2.24, 2.45) is 11.8 Å². The number of fused-ring (bicyclic) bond motifs is 4. The smallest absolute Gasteiger partial charge is 0.258 e. The van der Waals surface area contributed by atoms with E-state index in [1.54, 1.807) is 22.1 Å². The van der Waals surface area contributed by atoms with Crippen molar-refractivity contribution < 1.29 is 9.90 Å². The highest BCUT2D eigenvalue weighted by Crippen LogP contribution is 2.49. The monoisotopic (exact) mass is 428 g/mol. The molecular formula is C22H28N4O3S. The molecule has 8 heteroatoms. The van der Waals surface area contributed by atoms with Crippen LogP contribution < -0.4 is 10.9 Å². The topological polar surface area (TPSA) is 87.5 Å². The average Bonchev–Trinajstić information content (AvgIpc) is 3.32. The summed E-state index contributed by atoms with van der Waals surface area (Å²) < 4.78 is 1.80. The van der Waals surface area contributed by atoms with Gasteiger partial charge in [0.05, 0.1) is 18.5 Å². The molecule has 0 saturated carbocycles. The molecule has 0 spiro atoms. The molecule has 2 aromatic heterocycles. The number of thiazole rings is 1. The number of allylic oxidation sites excluding steroid dienone is 1. The molecule has 160 valence electrons. The van der Waals surface area contributed by atoms with E-state index in [-0.39, 0.29) is 36.1 Å². The largest absolute Gasteiger partial charge is 0.396 e. The van der Waals surface area contributed by atoms with Crippen LogP contribution in [0.15, 0.2) is 34.6 Å². The lowest BCUT2D eigenvalue weighted by atomic mass is 9.86. The van der Waals surface area contributed by atoms with E-state index in [0.717, 1.165) is 17.1 Å². The summed E-state index contributed by atoms with van der Waals surface area (Å²) in [4.78, 5) is 33.0. The molecule has 2 N–H and O–H groups in total. The first-order valence-corrected chi connectivity index (χ1v) is 11.4. The zero-order valence-electron chi connectivity index (χ0n) is 17.3. The lowest BCUT2D eigenvalue weighted by molar-refractivity contribution is -0.127. The molecule has 7 nitrogen and oxygen atoms in total. The van der Waals surface area contributed by atoms with Crippen molar-refractivity contribution in [2.45, 2.75) is 45.4 Å². The van der Waals surface area contributed by atoms with Crippen molar-refractivity contribution >= 4 is 23.3 Å². The van der Waals surface area contributed by atoms with Gasteiger partial charge in [-0.3, -0.25) is 14.5 Å². The minimum absolute atomic E-state index is 0.0409. The first-order chi connectivity index (χ1) is 14.6. The fourth-order valence-corrected chi connectivity index (χ4v) is 5.54. The van der Waals surface area contributed by atoms with Gasteiger partial charge in [0.25, 0.3) is 5.56 Å². The van der Waals surface area contributed by atoms with Gasteiger partial charge in [-0.25, -0.2) is 4.98 Å². The Labute approximate surface area is 180 Å². The number of nitrogens with one attached hydrogen (secondary N) is 1. The zero-order valence-corrected chi connectivity index (χ0v) is 18.1. The van der Waals surface area contributed by atoms with E-state index in [1.807, 2.05) is 43.5 Å². The summed E-state index contributed by atoms with van der Waals surface area (Å²) in [6.07, 6.45) is 6.30. The van der Waals surface area contributed by atoms with Gasteiger partial charge in [0, 0.05) is 54.5 Å². The standard InChI is InChI=1S/C22H28N4O3S/c1-3-5-14-6-7-16-20-19(21(28)24-8-4-2)15(13-27)17(11-26(16)22(14)29)25(20)12-18-23-9-10-30-18/h3,5-7,9-10,15,17,19-20,27H,4,8,11-13H2,1-2H3,(H,24,28)/b5-3+/t15-,17-,19+,20+/m1/s1. The molecule has 30 heavy (non-hydrogen) atoms. The van der Waals surface area contributed by atoms with Gasteiger partial charge in [-0.05, 0) is 25.5 Å². The van der Waals surface area contributed by atoms with Gasteiger partial charge in [0.15, 0.2) is 0 Å². The number of aliphatic hydroxyl groups is 1. The van der Waals surface area contributed by atoms with Gasteiger partial charge in [0.1, 0.15) is 5.01 Å². The van der Waals surface area contributed by atoms with Gasteiger partial charge in [0.2, 0.25) is 5.91 Å². The quantitative estimate of drug-likeness (QED) is 0.705. The van der Waals surface area contributed by atoms with E-state index in [1.165, 1.54) is 0 Å². The number of hydrogen-bond donors (Lipinski definition) is 2. The van der Waals surface area contributed by atoms with E-state index in [4.69, 9.17) is 0 Å². The molecule has 0 aromatic carbocycles. The van der Waals surface area contributed by atoms with Crippen LogP contribution in [0.25, 0.3) is 6.08 Å². The summed E-state index contributed by atoms with van der Waals surface area (Å²) in [5.74, 6) is -0.700.